The Balaban J connectivity index is 1.22. The van der Waals surface area contributed by atoms with Crippen molar-refractivity contribution >= 4 is 9.84 Å². The number of nitrogens with zero attached hydrogens (tertiary/aromatic N) is 1. The summed E-state index contributed by atoms with van der Waals surface area (Å²) in [6.07, 6.45) is 26.4. The van der Waals surface area contributed by atoms with Crippen molar-refractivity contribution in [1.82, 2.24) is 10.2 Å². The van der Waals surface area contributed by atoms with Crippen molar-refractivity contribution < 1.29 is 8.42 Å². The lowest BCUT2D eigenvalue weighted by Gasteiger charge is -2.72. The lowest BCUT2D eigenvalue weighted by molar-refractivity contribution is -0.221. The minimum atomic E-state index is -2.93. The van der Waals surface area contributed by atoms with Crippen LogP contribution in [0.25, 0.3) is 0 Å². The van der Waals surface area contributed by atoms with E-state index in [9.17, 15) is 8.42 Å². The van der Waals surface area contributed by atoms with Gasteiger partial charge in [0.2, 0.25) is 0 Å². The summed E-state index contributed by atoms with van der Waals surface area (Å²) in [7, 11) is -2.93. The fourth-order valence-electron chi connectivity index (χ4n) is 13.7. The van der Waals surface area contributed by atoms with E-state index in [-0.39, 0.29) is 16.2 Å². The van der Waals surface area contributed by atoms with Crippen LogP contribution >= 0.6 is 0 Å². The van der Waals surface area contributed by atoms with Gasteiger partial charge >= 0.3 is 0 Å². The van der Waals surface area contributed by atoms with Gasteiger partial charge in [0.05, 0.1) is 5.25 Å². The molecule has 1 aliphatic heterocycles. The zero-order valence-electron chi connectivity index (χ0n) is 31.3. The summed E-state index contributed by atoms with van der Waals surface area (Å²) in [5.74, 6) is 3.53. The fourth-order valence-corrected chi connectivity index (χ4v) is 14.7. The third-order valence-corrected chi connectivity index (χ3v) is 18.0. The van der Waals surface area contributed by atoms with Crippen LogP contribution in [0.5, 0.6) is 0 Å². The second-order valence-corrected chi connectivity index (χ2v) is 20.9. The molecule has 0 unspecified atom stereocenters. The summed E-state index contributed by atoms with van der Waals surface area (Å²) in [4.78, 5) is 2.51. The summed E-state index contributed by atoms with van der Waals surface area (Å²) in [6.45, 7) is 26.2. The Hall–Kier alpha value is -1.17. The summed E-state index contributed by atoms with van der Waals surface area (Å²) in [5, 5.41) is 4.13. The molecule has 1 N–H and O–H groups in total. The normalized spacial score (nSPS) is 44.1. The maximum Gasteiger partial charge on any atom is 0.150 e. The van der Waals surface area contributed by atoms with E-state index in [4.69, 9.17) is 0 Å². The molecule has 0 radical (unpaired) electrons. The zero-order valence-corrected chi connectivity index (χ0v) is 32.2. The van der Waals surface area contributed by atoms with Crippen LogP contribution in [0.3, 0.4) is 0 Å². The second-order valence-electron chi connectivity index (χ2n) is 18.6. The third kappa shape index (κ3) is 5.73. The second kappa shape index (κ2) is 12.6. The van der Waals surface area contributed by atoms with Crippen LogP contribution in [0.4, 0.5) is 0 Å². The molecule has 5 heteroatoms. The molecular formula is C42H68N2O2S. The highest BCUT2D eigenvalue weighted by atomic mass is 32.2. The maximum atomic E-state index is 12.1. The van der Waals surface area contributed by atoms with Crippen molar-refractivity contribution in [2.45, 2.75) is 130 Å². The van der Waals surface area contributed by atoms with Crippen LogP contribution in [0.15, 0.2) is 48.1 Å². The monoisotopic (exact) mass is 665 g/mol. The maximum absolute atomic E-state index is 12.1. The first-order chi connectivity index (χ1) is 22.0. The molecule has 47 heavy (non-hydrogen) atoms. The average molecular weight is 665 g/mol. The molecule has 5 aliphatic carbocycles. The summed E-state index contributed by atoms with van der Waals surface area (Å²) < 4.78 is 24.2. The molecule has 6 aliphatic rings. The average Bonchev–Trinajstić information content (AvgIpc) is 3.38. The van der Waals surface area contributed by atoms with Gasteiger partial charge in [0.1, 0.15) is 9.84 Å². The molecule has 9 atom stereocenters. The van der Waals surface area contributed by atoms with E-state index in [1.165, 1.54) is 69.6 Å². The lowest BCUT2D eigenvalue weighted by Crippen LogP contribution is -2.68. The van der Waals surface area contributed by atoms with Crippen molar-refractivity contribution in [3.05, 3.63) is 48.1 Å². The molecule has 0 amide bonds. The van der Waals surface area contributed by atoms with E-state index in [1.54, 1.807) is 5.57 Å². The molecule has 0 aromatic carbocycles. The molecule has 0 aromatic heterocycles. The van der Waals surface area contributed by atoms with Gasteiger partial charge < -0.3 is 10.2 Å². The quantitative estimate of drug-likeness (QED) is 0.208. The number of hydrogen-bond donors (Lipinski definition) is 1. The Morgan fingerprint density at radius 3 is 2.32 bits per heavy atom. The first-order valence-electron chi connectivity index (χ1n) is 19.4. The van der Waals surface area contributed by atoms with Gasteiger partial charge in [-0.1, -0.05) is 77.2 Å². The van der Waals surface area contributed by atoms with Gasteiger partial charge in [0, 0.05) is 24.9 Å². The molecule has 5 fully saturated rings. The van der Waals surface area contributed by atoms with Crippen LogP contribution in [0.2, 0.25) is 0 Å². The molecule has 6 rings (SSSR count). The van der Waals surface area contributed by atoms with Gasteiger partial charge in [-0.15, -0.1) is 0 Å². The molecule has 0 spiro atoms. The minimum Gasteiger partial charge on any atom is -0.310 e. The van der Waals surface area contributed by atoms with E-state index in [1.807, 2.05) is 0 Å². The first kappa shape index (κ1) is 35.6. The predicted molar refractivity (Wildman–Crippen MR) is 199 cm³/mol. The smallest absolute Gasteiger partial charge is 0.150 e. The number of sulfone groups is 1. The Morgan fingerprint density at radius 1 is 0.936 bits per heavy atom. The van der Waals surface area contributed by atoms with E-state index in [0.29, 0.717) is 28.1 Å². The summed E-state index contributed by atoms with van der Waals surface area (Å²) >= 11 is 0. The SMILES string of the molecule is C=C(C)[C@@H]1CC[C@]2(NCCN3CCC(S(C)(=O)=O)CC3)CC[C@]3(C)[C@H](CC[C@@H]4[C@@]5(C)CC=C(/C=C/C=C/C)C(C)(C)[C@@H]5CC[C@]43C)[C@@H]12. The molecule has 0 bridgehead atoms. The Labute approximate surface area is 289 Å². The molecule has 4 nitrogen and oxygen atoms in total. The molecule has 264 valence electrons. The minimum absolute atomic E-state index is 0.150. The molecular weight excluding hydrogens is 597 g/mol. The van der Waals surface area contributed by atoms with Gasteiger partial charge in [0.15, 0.2) is 0 Å². The van der Waals surface area contributed by atoms with Crippen molar-refractivity contribution in [1.29, 1.82) is 0 Å². The Morgan fingerprint density at radius 2 is 1.66 bits per heavy atom. The van der Waals surface area contributed by atoms with E-state index < -0.39 is 9.84 Å². The highest BCUT2D eigenvalue weighted by Crippen LogP contribution is 2.76. The standard InChI is InChI=1S/C42H68N2O2S/c1-10-11-12-13-31-16-21-39(6)35(38(31,4)5)18-22-41(8)36(39)15-14-34-37-33(30(2)3)17-23-42(37,25-24-40(34,41)7)43-26-29-44-27-19-32(20-28-44)47(9,45)46/h10-13,16,32-37,43H,2,14-15,17-29H2,1,3-9H3/b11-10+,13-12+/t33-,34+,35-,36+,37+,39-,40+,41+,42-/m0/s1. The lowest BCUT2D eigenvalue weighted by atomic mass is 9.33. The molecule has 1 saturated heterocycles. The van der Waals surface area contributed by atoms with Gasteiger partial charge in [-0.3, -0.25) is 0 Å². The summed E-state index contributed by atoms with van der Waals surface area (Å²) in [5.41, 5.74) is 4.44. The fraction of sp³-hybridized carbons (Fsp3) is 0.810. The van der Waals surface area contributed by atoms with Crippen molar-refractivity contribution in [2.24, 2.45) is 51.2 Å². The summed E-state index contributed by atoms with van der Waals surface area (Å²) in [6, 6.07) is 0. The predicted octanol–water partition coefficient (Wildman–Crippen LogP) is 9.16. The van der Waals surface area contributed by atoms with Crippen LogP contribution in [0, 0.1) is 51.2 Å². The third-order valence-electron chi connectivity index (χ3n) is 16.3. The number of likely N-dealkylation sites (tertiary alicyclic amines) is 1. The van der Waals surface area contributed by atoms with Gasteiger partial charge in [-0.05, 0) is 154 Å². The molecule has 0 aromatic rings. The topological polar surface area (TPSA) is 49.4 Å². The van der Waals surface area contributed by atoms with Crippen molar-refractivity contribution in [2.75, 3.05) is 32.4 Å². The zero-order chi connectivity index (χ0) is 34.0. The van der Waals surface area contributed by atoms with E-state index in [2.05, 4.69) is 95.6 Å². The molecule has 4 saturated carbocycles. The number of nitrogens with one attached hydrogen (secondary N) is 1. The van der Waals surface area contributed by atoms with Crippen molar-refractivity contribution in [3.63, 3.8) is 0 Å². The van der Waals surface area contributed by atoms with Gasteiger partial charge in [0.25, 0.3) is 0 Å². The Bertz CT molecular complexity index is 1400. The largest absolute Gasteiger partial charge is 0.310 e. The van der Waals surface area contributed by atoms with Gasteiger partial charge in [-0.25, -0.2) is 8.42 Å². The molecule has 1 heterocycles. The Kier molecular flexibility index (Phi) is 9.52. The van der Waals surface area contributed by atoms with Crippen molar-refractivity contribution in [3.8, 4) is 0 Å². The van der Waals surface area contributed by atoms with Crippen LogP contribution in [-0.2, 0) is 9.84 Å². The van der Waals surface area contributed by atoms with Gasteiger partial charge in [-0.2, -0.15) is 0 Å². The number of piperidine rings is 1. The van der Waals surface area contributed by atoms with Crippen LogP contribution in [-0.4, -0.2) is 56.5 Å². The highest BCUT2D eigenvalue weighted by Gasteiger charge is 2.70. The number of fused-ring (bicyclic) bond motifs is 7. The van der Waals surface area contributed by atoms with E-state index >= 15 is 0 Å². The number of hydrogen-bond acceptors (Lipinski definition) is 4. The number of allylic oxidation sites excluding steroid dienone is 7. The van der Waals surface area contributed by atoms with Crippen LogP contribution < -0.4 is 5.32 Å². The first-order valence-corrected chi connectivity index (χ1v) is 21.3. The van der Waals surface area contributed by atoms with Crippen LogP contribution in [0.1, 0.15) is 119 Å². The van der Waals surface area contributed by atoms with E-state index in [0.717, 1.165) is 56.8 Å². The number of rotatable bonds is 8. The highest BCUT2D eigenvalue weighted by molar-refractivity contribution is 7.91.